The van der Waals surface area contributed by atoms with Gasteiger partial charge in [0.15, 0.2) is 5.96 Å². The highest BCUT2D eigenvalue weighted by atomic mass is 24.3. The molecule has 0 fully saturated rings. The number of carboxylic acid groups (broad SMARTS) is 1. The van der Waals surface area contributed by atoms with E-state index in [1.807, 2.05) is 7.05 Å². The van der Waals surface area contributed by atoms with Crippen LogP contribution in [0.3, 0.4) is 0 Å². The minimum atomic E-state index is -0.993. The van der Waals surface area contributed by atoms with Crippen molar-refractivity contribution in [3.8, 4) is 0 Å². The molecule has 2 aromatic carbocycles. The predicted octanol–water partition coefficient (Wildman–Crippen LogP) is 1.81. The molecule has 7 heteroatoms. The molecular weight excluding hydrogens is 389 g/mol. The number of rotatable bonds is 5. The Hall–Kier alpha value is -2.35. The summed E-state index contributed by atoms with van der Waals surface area (Å²) in [6, 6.07) is 17.7. The van der Waals surface area contributed by atoms with Crippen LogP contribution in [0.2, 0.25) is 0 Å². The summed E-state index contributed by atoms with van der Waals surface area (Å²) in [7, 11) is 3.45. The fourth-order valence-electron chi connectivity index (χ4n) is 3.29. The zero-order chi connectivity index (χ0) is 21.2. The third-order valence-corrected chi connectivity index (χ3v) is 4.81. The minimum absolute atomic E-state index is 0. The first-order valence-corrected chi connectivity index (χ1v) is 9.72. The fourth-order valence-corrected chi connectivity index (χ4v) is 3.29. The number of hydrogen-bond donors (Lipinski definition) is 4. The first kappa shape index (κ1) is 25.7. The molecule has 0 saturated carbocycles. The van der Waals surface area contributed by atoms with Gasteiger partial charge in [-0.25, -0.2) is 0 Å². The molecule has 0 bridgehead atoms. The molecule has 0 amide bonds. The van der Waals surface area contributed by atoms with Crippen LogP contribution in [0.4, 0.5) is 0 Å². The highest BCUT2D eigenvalue weighted by molar-refractivity contribution is 5.84. The molecule has 0 unspecified atom stereocenters. The van der Waals surface area contributed by atoms with Crippen molar-refractivity contribution in [2.45, 2.75) is 19.3 Å². The van der Waals surface area contributed by atoms with Crippen LogP contribution in [0, 0.1) is 5.41 Å². The maximum atomic E-state index is 9.92. The maximum absolute atomic E-state index is 9.92. The lowest BCUT2D eigenvalue weighted by Gasteiger charge is -2.12. The molecule has 0 aromatic heterocycles. The Kier molecular flexibility index (Phi) is 11.2. The number of guanidine groups is 1. The molecule has 2 aromatic rings. The van der Waals surface area contributed by atoms with Gasteiger partial charge < -0.3 is 21.1 Å². The topological polar surface area (TPSA) is 102 Å². The molecule has 5 N–H and O–H groups in total. The molecule has 0 saturated heterocycles. The number of likely N-dealkylation sites (N-methyl/N-ethyl adjacent to an activating group) is 1. The van der Waals surface area contributed by atoms with Gasteiger partial charge >= 0.3 is 29.0 Å². The van der Waals surface area contributed by atoms with Crippen LogP contribution in [-0.4, -0.2) is 72.2 Å². The molecule has 0 atom stereocenters. The lowest BCUT2D eigenvalue weighted by Crippen LogP contribution is -2.36. The summed E-state index contributed by atoms with van der Waals surface area (Å²) in [5.41, 5.74) is 12.1. The Balaban J connectivity index is 0.000000387. The van der Waals surface area contributed by atoms with Crippen molar-refractivity contribution < 1.29 is 9.90 Å². The first-order chi connectivity index (χ1) is 13.9. The van der Waals surface area contributed by atoms with E-state index in [1.54, 1.807) is 0 Å². The van der Waals surface area contributed by atoms with E-state index in [-0.39, 0.29) is 35.6 Å². The van der Waals surface area contributed by atoms with Crippen LogP contribution >= 0.6 is 0 Å². The minimum Gasteiger partial charge on any atom is -0.480 e. The van der Waals surface area contributed by atoms with Crippen LogP contribution in [0.5, 0.6) is 0 Å². The van der Waals surface area contributed by atoms with Crippen LogP contribution in [0.1, 0.15) is 28.7 Å². The van der Waals surface area contributed by atoms with Crippen LogP contribution < -0.4 is 11.1 Å². The summed E-state index contributed by atoms with van der Waals surface area (Å²) >= 11 is 0. The average Bonchev–Trinajstić information content (AvgIpc) is 2.86. The van der Waals surface area contributed by atoms with Gasteiger partial charge in [-0.05, 0) is 60.7 Å². The summed E-state index contributed by atoms with van der Waals surface area (Å²) in [5.74, 6) is -1.23. The van der Waals surface area contributed by atoms with Gasteiger partial charge in [-0.2, -0.15) is 0 Å². The van der Waals surface area contributed by atoms with Gasteiger partial charge in [-0.3, -0.25) is 10.2 Å². The number of carboxylic acids is 1. The number of benzene rings is 2. The maximum Gasteiger partial charge on any atom is 0.323 e. The lowest BCUT2D eigenvalue weighted by molar-refractivity contribution is -0.137. The van der Waals surface area contributed by atoms with Gasteiger partial charge in [0.1, 0.15) is 6.54 Å². The van der Waals surface area contributed by atoms with Crippen molar-refractivity contribution >= 4 is 40.6 Å². The highest BCUT2D eigenvalue weighted by Gasteiger charge is 2.16. The van der Waals surface area contributed by atoms with Crippen molar-refractivity contribution in [3.63, 3.8) is 0 Å². The van der Waals surface area contributed by atoms with Crippen molar-refractivity contribution in [3.05, 3.63) is 76.9 Å². The van der Waals surface area contributed by atoms with Gasteiger partial charge in [-0.15, -0.1) is 0 Å². The molecule has 1 aliphatic rings. The molecule has 158 valence electrons. The quantitative estimate of drug-likeness (QED) is 0.256. The van der Waals surface area contributed by atoms with Crippen LogP contribution in [0.15, 0.2) is 54.6 Å². The zero-order valence-corrected chi connectivity index (χ0v) is 17.1. The molecular formula is C23H32MgN4O2. The van der Waals surface area contributed by atoms with Crippen molar-refractivity contribution in [2.24, 2.45) is 5.73 Å². The molecule has 0 spiro atoms. The Morgan fingerprint density at radius 2 is 1.63 bits per heavy atom. The third kappa shape index (κ3) is 7.48. The van der Waals surface area contributed by atoms with Gasteiger partial charge in [0.25, 0.3) is 0 Å². The van der Waals surface area contributed by atoms with Gasteiger partial charge in [-0.1, -0.05) is 54.6 Å². The highest BCUT2D eigenvalue weighted by Crippen LogP contribution is 2.33. The number of nitrogens with two attached hydrogens (primary N) is 1. The molecule has 6 nitrogen and oxygen atoms in total. The van der Waals surface area contributed by atoms with E-state index in [0.29, 0.717) is 0 Å². The monoisotopic (exact) mass is 420 g/mol. The number of carbonyl (C=O) groups is 1. The second-order valence-corrected chi connectivity index (χ2v) is 6.96. The Morgan fingerprint density at radius 3 is 2.03 bits per heavy atom. The summed E-state index contributed by atoms with van der Waals surface area (Å²) in [5, 5.41) is 18.1. The molecule has 3 rings (SSSR count). The normalized spacial score (nSPS) is 11.5. The summed E-state index contributed by atoms with van der Waals surface area (Å²) in [4.78, 5) is 11.0. The number of aliphatic carboxylic acids is 1. The molecule has 0 heterocycles. The third-order valence-electron chi connectivity index (χ3n) is 4.81. The Bertz CT molecular complexity index is 834. The van der Waals surface area contributed by atoms with Crippen LogP contribution in [0.25, 0.3) is 5.57 Å². The molecule has 0 aliphatic heterocycles. The predicted molar refractivity (Wildman–Crippen MR) is 127 cm³/mol. The van der Waals surface area contributed by atoms with E-state index in [4.69, 9.17) is 16.2 Å². The van der Waals surface area contributed by atoms with E-state index in [9.17, 15) is 4.79 Å². The number of nitrogens with zero attached hydrogens (tertiary/aromatic N) is 1. The fraction of sp³-hybridized carbons (Fsp3) is 0.304. The van der Waals surface area contributed by atoms with Crippen molar-refractivity contribution in [1.82, 2.24) is 10.2 Å². The molecule has 30 heavy (non-hydrogen) atoms. The SMILES string of the molecule is CN(CC(=O)O)C(=N)N.CNCCC=C1c2ccccc2CCc2ccccc21.[MgH2]. The molecule has 0 radical (unpaired) electrons. The zero-order valence-electron chi connectivity index (χ0n) is 17.1. The van der Waals surface area contributed by atoms with Gasteiger partial charge in [0.05, 0.1) is 0 Å². The standard InChI is InChI=1S/C19H21N.C4H9N3O2.Mg.2H/c1-20-14-6-11-19-17-9-4-2-7-15(17)12-13-16-8-3-5-10-18(16)19;1-7(4(5)6)2-3(8)9;;;/h2-5,7-11,20H,6,12-14H2,1H3;2H2,1H3,(H3,5,6)(H,8,9);;;. The summed E-state index contributed by atoms with van der Waals surface area (Å²) < 4.78 is 0. The second kappa shape index (κ2) is 13.1. The summed E-state index contributed by atoms with van der Waals surface area (Å²) in [6.45, 7) is 0.795. The number of nitrogens with one attached hydrogen (secondary N) is 2. The smallest absolute Gasteiger partial charge is 0.323 e. The summed E-state index contributed by atoms with van der Waals surface area (Å²) in [6.07, 6.45) is 5.72. The largest absolute Gasteiger partial charge is 0.480 e. The van der Waals surface area contributed by atoms with Gasteiger partial charge in [0.2, 0.25) is 0 Å². The van der Waals surface area contributed by atoms with E-state index in [0.717, 1.165) is 30.7 Å². The van der Waals surface area contributed by atoms with Crippen molar-refractivity contribution in [1.29, 1.82) is 5.41 Å². The molecule has 1 aliphatic carbocycles. The van der Waals surface area contributed by atoms with E-state index < -0.39 is 5.97 Å². The van der Waals surface area contributed by atoms with Gasteiger partial charge in [0, 0.05) is 7.05 Å². The second-order valence-electron chi connectivity index (χ2n) is 6.96. The number of fused-ring (bicyclic) bond motifs is 2. The number of hydrogen-bond acceptors (Lipinski definition) is 3. The van der Waals surface area contributed by atoms with E-state index in [1.165, 1.54) is 34.9 Å². The van der Waals surface area contributed by atoms with E-state index >= 15 is 0 Å². The Labute approximate surface area is 194 Å². The van der Waals surface area contributed by atoms with Crippen molar-refractivity contribution in [2.75, 3.05) is 27.2 Å². The van der Waals surface area contributed by atoms with Crippen LogP contribution in [-0.2, 0) is 17.6 Å². The Morgan fingerprint density at radius 1 is 1.13 bits per heavy atom. The van der Waals surface area contributed by atoms with E-state index in [2.05, 4.69) is 59.9 Å². The number of aryl methyl sites for hydroxylation is 2. The first-order valence-electron chi connectivity index (χ1n) is 9.72. The lowest BCUT2D eigenvalue weighted by atomic mass is 9.93. The average molecular weight is 421 g/mol.